The van der Waals surface area contributed by atoms with E-state index in [2.05, 4.69) is 9.97 Å². The van der Waals surface area contributed by atoms with Gasteiger partial charge in [0.15, 0.2) is 5.16 Å². The van der Waals surface area contributed by atoms with Crippen molar-refractivity contribution in [3.05, 3.63) is 46.8 Å². The number of benzene rings is 1. The molecule has 1 aromatic carbocycles. The minimum Gasteiger partial charge on any atom is -0.326 e. The zero-order chi connectivity index (χ0) is 15.6. The topological polar surface area (TPSA) is 51.8 Å². The summed E-state index contributed by atoms with van der Waals surface area (Å²) in [5.74, 6) is 0. The van der Waals surface area contributed by atoms with E-state index in [0.717, 1.165) is 29.2 Å². The molecule has 0 fully saturated rings. The molecular formula is C14H14F3N3S. The first-order chi connectivity index (χ1) is 9.79. The predicted octanol–water partition coefficient (Wildman–Crippen LogP) is 3.72. The number of aromatic nitrogens is 2. The van der Waals surface area contributed by atoms with E-state index in [1.54, 1.807) is 6.07 Å². The van der Waals surface area contributed by atoms with Crippen LogP contribution in [0, 0.1) is 13.8 Å². The van der Waals surface area contributed by atoms with Gasteiger partial charge in [-0.25, -0.2) is 9.97 Å². The fourth-order valence-corrected chi connectivity index (χ4v) is 2.81. The molecule has 0 saturated carbocycles. The largest absolute Gasteiger partial charge is 0.416 e. The zero-order valence-corrected chi connectivity index (χ0v) is 12.3. The first kappa shape index (κ1) is 15.8. The van der Waals surface area contributed by atoms with Crippen molar-refractivity contribution in [1.29, 1.82) is 0 Å². The average Bonchev–Trinajstić information content (AvgIpc) is 2.36. The van der Waals surface area contributed by atoms with E-state index in [0.29, 0.717) is 10.1 Å². The molecule has 2 N–H and O–H groups in total. The second-order valence-corrected chi connectivity index (χ2v) is 5.60. The van der Waals surface area contributed by atoms with Gasteiger partial charge in [0.25, 0.3) is 0 Å². The van der Waals surface area contributed by atoms with Crippen molar-refractivity contribution < 1.29 is 13.2 Å². The van der Waals surface area contributed by atoms with Gasteiger partial charge >= 0.3 is 6.18 Å². The minimum absolute atomic E-state index is 0.0770. The fraction of sp³-hybridized carbons (Fsp3) is 0.286. The lowest BCUT2D eigenvalue weighted by molar-refractivity contribution is -0.138. The van der Waals surface area contributed by atoms with Crippen LogP contribution in [0.1, 0.15) is 22.5 Å². The van der Waals surface area contributed by atoms with Gasteiger partial charge in [0.05, 0.1) is 5.56 Å². The fourth-order valence-electron chi connectivity index (χ4n) is 1.91. The maximum absolute atomic E-state index is 13.0. The molecule has 2 rings (SSSR count). The Kier molecular flexibility index (Phi) is 4.53. The monoisotopic (exact) mass is 313 g/mol. The molecule has 0 atom stereocenters. The van der Waals surface area contributed by atoms with E-state index < -0.39 is 11.7 Å². The SMILES string of the molecule is Cc1cc(C)nc(Sc2ccc(CN)c(C(F)(F)F)c2)n1. The number of hydrogen-bond donors (Lipinski definition) is 1. The third kappa shape index (κ3) is 3.95. The van der Waals surface area contributed by atoms with Crippen LogP contribution in [0.4, 0.5) is 13.2 Å². The van der Waals surface area contributed by atoms with Gasteiger partial charge in [-0.3, -0.25) is 0 Å². The Balaban J connectivity index is 2.37. The Labute approximate surface area is 124 Å². The number of halogens is 3. The Morgan fingerprint density at radius 3 is 2.24 bits per heavy atom. The number of alkyl halides is 3. The van der Waals surface area contributed by atoms with Crippen LogP contribution in [-0.2, 0) is 12.7 Å². The van der Waals surface area contributed by atoms with Gasteiger partial charge in [-0.1, -0.05) is 6.07 Å². The predicted molar refractivity (Wildman–Crippen MR) is 75.0 cm³/mol. The summed E-state index contributed by atoms with van der Waals surface area (Å²) >= 11 is 1.10. The van der Waals surface area contributed by atoms with Gasteiger partial charge in [-0.15, -0.1) is 0 Å². The third-order valence-electron chi connectivity index (χ3n) is 2.78. The number of aryl methyl sites for hydroxylation is 2. The molecule has 0 amide bonds. The van der Waals surface area contributed by atoms with Gasteiger partial charge < -0.3 is 5.73 Å². The summed E-state index contributed by atoms with van der Waals surface area (Å²) in [5, 5.41) is 0.432. The van der Waals surface area contributed by atoms with Gasteiger partial charge in [0.1, 0.15) is 0 Å². The molecule has 21 heavy (non-hydrogen) atoms. The van der Waals surface area contributed by atoms with Crippen LogP contribution in [0.3, 0.4) is 0 Å². The lowest BCUT2D eigenvalue weighted by atomic mass is 10.1. The summed E-state index contributed by atoms with van der Waals surface area (Å²) in [6.45, 7) is 3.48. The van der Waals surface area contributed by atoms with Crippen LogP contribution in [-0.4, -0.2) is 9.97 Å². The van der Waals surface area contributed by atoms with Gasteiger partial charge in [-0.05, 0) is 49.4 Å². The van der Waals surface area contributed by atoms with Crippen molar-refractivity contribution in [2.45, 2.75) is 36.6 Å². The third-order valence-corrected chi connectivity index (χ3v) is 3.63. The molecule has 112 valence electrons. The molecule has 3 nitrogen and oxygen atoms in total. The van der Waals surface area contributed by atoms with Crippen LogP contribution < -0.4 is 5.73 Å². The summed E-state index contributed by atoms with van der Waals surface area (Å²) in [6, 6.07) is 5.90. The number of hydrogen-bond acceptors (Lipinski definition) is 4. The molecule has 0 spiro atoms. The first-order valence-electron chi connectivity index (χ1n) is 6.20. The summed E-state index contributed by atoms with van der Waals surface area (Å²) in [7, 11) is 0. The molecule has 0 aliphatic heterocycles. The van der Waals surface area contributed by atoms with Gasteiger partial charge in [0, 0.05) is 22.8 Å². The summed E-state index contributed by atoms with van der Waals surface area (Å²) in [5.41, 5.74) is 6.28. The van der Waals surface area contributed by atoms with Gasteiger partial charge in [-0.2, -0.15) is 13.2 Å². The van der Waals surface area contributed by atoms with Crippen LogP contribution in [0.25, 0.3) is 0 Å². The van der Waals surface area contributed by atoms with Crippen molar-refractivity contribution >= 4 is 11.8 Å². The number of nitrogens with two attached hydrogens (primary N) is 1. The molecule has 0 unspecified atom stereocenters. The van der Waals surface area contributed by atoms with E-state index in [1.807, 2.05) is 19.9 Å². The van der Waals surface area contributed by atoms with Crippen molar-refractivity contribution in [3.8, 4) is 0 Å². The quantitative estimate of drug-likeness (QED) is 0.877. The van der Waals surface area contributed by atoms with E-state index in [9.17, 15) is 13.2 Å². The van der Waals surface area contributed by atoms with E-state index in [-0.39, 0.29) is 12.1 Å². The minimum atomic E-state index is -4.42. The lowest BCUT2D eigenvalue weighted by Gasteiger charge is -2.13. The second kappa shape index (κ2) is 6.03. The highest BCUT2D eigenvalue weighted by molar-refractivity contribution is 7.99. The van der Waals surface area contributed by atoms with Gasteiger partial charge in [0.2, 0.25) is 0 Å². The Bertz CT molecular complexity index is 636. The first-order valence-corrected chi connectivity index (χ1v) is 7.01. The van der Waals surface area contributed by atoms with Crippen LogP contribution in [0.2, 0.25) is 0 Å². The molecular weight excluding hydrogens is 299 g/mol. The van der Waals surface area contributed by atoms with E-state index in [4.69, 9.17) is 5.73 Å². The number of rotatable bonds is 3. The Hall–Kier alpha value is -1.60. The Morgan fingerprint density at radius 2 is 1.71 bits per heavy atom. The maximum atomic E-state index is 13.0. The van der Waals surface area contributed by atoms with Crippen molar-refractivity contribution in [3.63, 3.8) is 0 Å². The highest BCUT2D eigenvalue weighted by Crippen LogP contribution is 2.35. The second-order valence-electron chi connectivity index (χ2n) is 4.56. The molecule has 1 aromatic heterocycles. The van der Waals surface area contributed by atoms with E-state index >= 15 is 0 Å². The summed E-state index contributed by atoms with van der Waals surface area (Å²) in [4.78, 5) is 8.85. The normalized spacial score (nSPS) is 11.7. The molecule has 1 heterocycles. The zero-order valence-electron chi connectivity index (χ0n) is 11.5. The standard InChI is InChI=1S/C14H14F3N3S/c1-8-5-9(2)20-13(19-8)21-11-4-3-10(7-18)12(6-11)14(15,16)17/h3-6H,7,18H2,1-2H3. The average molecular weight is 313 g/mol. The Morgan fingerprint density at radius 1 is 1.10 bits per heavy atom. The molecule has 7 heteroatoms. The van der Waals surface area contributed by atoms with Crippen molar-refractivity contribution in [1.82, 2.24) is 9.97 Å². The molecule has 0 saturated heterocycles. The summed E-state index contributed by atoms with van der Waals surface area (Å²) < 4.78 is 39.0. The van der Waals surface area contributed by atoms with Crippen LogP contribution in [0.5, 0.6) is 0 Å². The van der Waals surface area contributed by atoms with Crippen LogP contribution >= 0.6 is 11.8 Å². The molecule has 0 aliphatic carbocycles. The highest BCUT2D eigenvalue weighted by Gasteiger charge is 2.33. The van der Waals surface area contributed by atoms with Crippen LogP contribution in [0.15, 0.2) is 34.3 Å². The molecule has 2 aromatic rings. The molecule has 0 bridgehead atoms. The smallest absolute Gasteiger partial charge is 0.326 e. The number of nitrogens with zero attached hydrogens (tertiary/aromatic N) is 2. The molecule has 0 aliphatic rings. The van der Waals surface area contributed by atoms with Crippen molar-refractivity contribution in [2.75, 3.05) is 0 Å². The maximum Gasteiger partial charge on any atom is 0.416 e. The molecule has 0 radical (unpaired) electrons. The highest BCUT2D eigenvalue weighted by atomic mass is 32.2. The van der Waals surface area contributed by atoms with E-state index in [1.165, 1.54) is 6.07 Å². The summed E-state index contributed by atoms with van der Waals surface area (Å²) in [6.07, 6.45) is -4.42. The van der Waals surface area contributed by atoms with Crippen molar-refractivity contribution in [2.24, 2.45) is 5.73 Å². The lowest BCUT2D eigenvalue weighted by Crippen LogP contribution is -2.12.